The van der Waals surface area contributed by atoms with Gasteiger partial charge in [-0.15, -0.1) is 12.4 Å². The van der Waals surface area contributed by atoms with E-state index in [1.807, 2.05) is 14.1 Å². The normalized spacial score (nSPS) is 10.6. The van der Waals surface area contributed by atoms with Gasteiger partial charge in [-0.3, -0.25) is 0 Å². The molecular formula is C13H21ClF2N2O2. The number of methoxy groups -OCH3 is 1. The molecule has 4 nitrogen and oxygen atoms in total. The van der Waals surface area contributed by atoms with E-state index < -0.39 is 6.61 Å². The van der Waals surface area contributed by atoms with Crippen LogP contribution in [0.1, 0.15) is 5.56 Å². The van der Waals surface area contributed by atoms with Gasteiger partial charge in [-0.1, -0.05) is 6.07 Å². The Morgan fingerprint density at radius 1 is 1.30 bits per heavy atom. The number of halogens is 3. The monoisotopic (exact) mass is 310 g/mol. The predicted octanol–water partition coefficient (Wildman–Crippen LogP) is 2.37. The van der Waals surface area contributed by atoms with Gasteiger partial charge >= 0.3 is 6.61 Å². The first-order valence-electron chi connectivity index (χ1n) is 6.01. The van der Waals surface area contributed by atoms with Crippen LogP contribution in [0.15, 0.2) is 18.2 Å². The molecule has 0 radical (unpaired) electrons. The molecule has 0 spiro atoms. The number of nitrogens with zero attached hydrogens (tertiary/aromatic N) is 1. The minimum absolute atomic E-state index is 0. The Morgan fingerprint density at radius 2 is 2.00 bits per heavy atom. The van der Waals surface area contributed by atoms with Crippen LogP contribution in [0.3, 0.4) is 0 Å². The van der Waals surface area contributed by atoms with Crippen molar-refractivity contribution in [2.24, 2.45) is 0 Å². The number of likely N-dealkylation sites (N-methyl/N-ethyl adjacent to an activating group) is 2. The molecule has 0 heterocycles. The fourth-order valence-corrected chi connectivity index (χ4v) is 1.70. The van der Waals surface area contributed by atoms with Gasteiger partial charge < -0.3 is 19.7 Å². The first-order valence-corrected chi connectivity index (χ1v) is 6.01. The Hall–Kier alpha value is -1.11. The van der Waals surface area contributed by atoms with Crippen molar-refractivity contribution in [3.8, 4) is 11.5 Å². The third-order valence-corrected chi connectivity index (χ3v) is 2.64. The molecule has 1 N–H and O–H groups in total. The second-order valence-corrected chi connectivity index (χ2v) is 4.21. The van der Waals surface area contributed by atoms with Gasteiger partial charge in [0, 0.05) is 19.6 Å². The number of benzene rings is 1. The molecule has 0 aliphatic rings. The van der Waals surface area contributed by atoms with E-state index >= 15 is 0 Å². The molecule has 0 atom stereocenters. The van der Waals surface area contributed by atoms with Gasteiger partial charge in [0.05, 0.1) is 7.11 Å². The lowest BCUT2D eigenvalue weighted by Crippen LogP contribution is -2.26. The molecular weight excluding hydrogens is 290 g/mol. The van der Waals surface area contributed by atoms with Gasteiger partial charge in [0.1, 0.15) is 0 Å². The molecule has 0 amide bonds. The van der Waals surface area contributed by atoms with Crippen molar-refractivity contribution in [1.82, 2.24) is 10.2 Å². The van der Waals surface area contributed by atoms with Gasteiger partial charge in [-0.2, -0.15) is 8.78 Å². The van der Waals surface area contributed by atoms with Gasteiger partial charge in [0.15, 0.2) is 11.5 Å². The maximum Gasteiger partial charge on any atom is 0.387 e. The zero-order chi connectivity index (χ0) is 14.3. The van der Waals surface area contributed by atoms with Crippen LogP contribution in [-0.4, -0.2) is 45.8 Å². The van der Waals surface area contributed by atoms with Crippen LogP contribution < -0.4 is 14.8 Å². The lowest BCUT2D eigenvalue weighted by molar-refractivity contribution is -0.0512. The second-order valence-electron chi connectivity index (χ2n) is 4.21. The lowest BCUT2D eigenvalue weighted by Gasteiger charge is -2.17. The van der Waals surface area contributed by atoms with Gasteiger partial charge in [0.25, 0.3) is 0 Å². The standard InChI is InChI=1S/C13H20F2N2O2.ClH/c1-16-6-7-17(2)9-10-4-5-11(19-13(14)15)12(8-10)18-3;/h4-5,8,13,16H,6-7,9H2,1-3H3;1H. The highest BCUT2D eigenvalue weighted by atomic mass is 35.5. The van der Waals surface area contributed by atoms with Crippen LogP contribution in [0, 0.1) is 0 Å². The second kappa shape index (κ2) is 9.74. The van der Waals surface area contributed by atoms with E-state index in [4.69, 9.17) is 4.74 Å². The van der Waals surface area contributed by atoms with Crippen molar-refractivity contribution < 1.29 is 18.3 Å². The maximum atomic E-state index is 12.2. The van der Waals surface area contributed by atoms with Crippen molar-refractivity contribution in [2.75, 3.05) is 34.3 Å². The van der Waals surface area contributed by atoms with Crippen molar-refractivity contribution in [3.05, 3.63) is 23.8 Å². The van der Waals surface area contributed by atoms with E-state index in [1.165, 1.54) is 13.2 Å². The van der Waals surface area contributed by atoms with E-state index in [0.29, 0.717) is 12.3 Å². The molecule has 0 aliphatic heterocycles. The number of nitrogens with one attached hydrogen (secondary N) is 1. The summed E-state index contributed by atoms with van der Waals surface area (Å²) < 4.78 is 33.8. The third-order valence-electron chi connectivity index (χ3n) is 2.64. The van der Waals surface area contributed by atoms with Gasteiger partial charge in [-0.05, 0) is 31.8 Å². The summed E-state index contributed by atoms with van der Waals surface area (Å²) in [6.45, 7) is -0.348. The average molecular weight is 311 g/mol. The summed E-state index contributed by atoms with van der Waals surface area (Å²) in [5.41, 5.74) is 0.983. The van der Waals surface area contributed by atoms with Crippen LogP contribution in [-0.2, 0) is 6.54 Å². The largest absolute Gasteiger partial charge is 0.493 e. The summed E-state index contributed by atoms with van der Waals surface area (Å²) in [4.78, 5) is 2.12. The summed E-state index contributed by atoms with van der Waals surface area (Å²) in [6, 6.07) is 4.98. The molecule has 1 aromatic carbocycles. The quantitative estimate of drug-likeness (QED) is 0.799. The van der Waals surface area contributed by atoms with Crippen LogP contribution in [0.25, 0.3) is 0 Å². The van der Waals surface area contributed by atoms with Crippen LogP contribution in [0.5, 0.6) is 11.5 Å². The van der Waals surface area contributed by atoms with Crippen molar-refractivity contribution in [2.45, 2.75) is 13.2 Å². The Bertz CT molecular complexity index is 395. The van der Waals surface area contributed by atoms with E-state index in [-0.39, 0.29) is 18.2 Å². The molecule has 116 valence electrons. The summed E-state index contributed by atoms with van der Waals surface area (Å²) in [7, 11) is 5.32. The Labute approximate surface area is 124 Å². The zero-order valence-corrected chi connectivity index (χ0v) is 12.7. The smallest absolute Gasteiger partial charge is 0.387 e. The molecule has 0 aromatic heterocycles. The average Bonchev–Trinajstić information content (AvgIpc) is 2.37. The molecule has 20 heavy (non-hydrogen) atoms. The molecule has 0 bridgehead atoms. The van der Waals surface area contributed by atoms with Crippen molar-refractivity contribution in [1.29, 1.82) is 0 Å². The fourth-order valence-electron chi connectivity index (χ4n) is 1.70. The number of rotatable bonds is 8. The summed E-state index contributed by atoms with van der Waals surface area (Å²) in [6.07, 6.45) is 0. The SMILES string of the molecule is CNCCN(C)Cc1ccc(OC(F)F)c(OC)c1.Cl. The Morgan fingerprint density at radius 3 is 2.55 bits per heavy atom. The first kappa shape index (κ1) is 18.9. The number of hydrogen-bond acceptors (Lipinski definition) is 4. The summed E-state index contributed by atoms with van der Waals surface area (Å²) in [5.74, 6) is 0.374. The summed E-state index contributed by atoms with van der Waals surface area (Å²) in [5, 5.41) is 3.07. The van der Waals surface area contributed by atoms with Crippen LogP contribution in [0.2, 0.25) is 0 Å². The molecule has 7 heteroatoms. The number of alkyl halides is 2. The van der Waals surface area contributed by atoms with E-state index in [2.05, 4.69) is 15.0 Å². The molecule has 0 saturated carbocycles. The lowest BCUT2D eigenvalue weighted by atomic mass is 10.2. The topological polar surface area (TPSA) is 33.7 Å². The fraction of sp³-hybridized carbons (Fsp3) is 0.538. The highest BCUT2D eigenvalue weighted by molar-refractivity contribution is 5.85. The van der Waals surface area contributed by atoms with Crippen LogP contribution >= 0.6 is 12.4 Å². The maximum absolute atomic E-state index is 12.2. The van der Waals surface area contributed by atoms with E-state index in [0.717, 1.165) is 18.7 Å². The molecule has 0 aliphatic carbocycles. The first-order chi connectivity index (χ1) is 9.06. The minimum atomic E-state index is -2.85. The number of hydrogen-bond donors (Lipinski definition) is 1. The predicted molar refractivity (Wildman–Crippen MR) is 77.1 cm³/mol. The van der Waals surface area contributed by atoms with Gasteiger partial charge in [-0.25, -0.2) is 0 Å². The minimum Gasteiger partial charge on any atom is -0.493 e. The highest BCUT2D eigenvalue weighted by Crippen LogP contribution is 2.29. The van der Waals surface area contributed by atoms with Crippen molar-refractivity contribution in [3.63, 3.8) is 0 Å². The van der Waals surface area contributed by atoms with E-state index in [1.54, 1.807) is 12.1 Å². The molecule has 0 fully saturated rings. The molecule has 0 saturated heterocycles. The van der Waals surface area contributed by atoms with Crippen LogP contribution in [0.4, 0.5) is 8.78 Å². The zero-order valence-electron chi connectivity index (χ0n) is 11.9. The molecule has 0 unspecified atom stereocenters. The molecule has 1 aromatic rings. The van der Waals surface area contributed by atoms with Crippen molar-refractivity contribution >= 4 is 12.4 Å². The Kier molecular flexibility index (Phi) is 9.20. The Balaban J connectivity index is 0.00000361. The third kappa shape index (κ3) is 6.36. The number of ether oxygens (including phenoxy) is 2. The van der Waals surface area contributed by atoms with Gasteiger partial charge in [0.2, 0.25) is 0 Å². The highest BCUT2D eigenvalue weighted by Gasteiger charge is 2.11. The molecule has 1 rings (SSSR count). The van der Waals surface area contributed by atoms with E-state index in [9.17, 15) is 8.78 Å². The summed E-state index contributed by atoms with van der Waals surface area (Å²) >= 11 is 0.